The van der Waals surface area contributed by atoms with Crippen molar-refractivity contribution in [3.8, 4) is 5.75 Å². The van der Waals surface area contributed by atoms with Crippen molar-refractivity contribution in [1.29, 1.82) is 0 Å². The van der Waals surface area contributed by atoms with E-state index in [-0.39, 0.29) is 5.75 Å². The first-order chi connectivity index (χ1) is 6.86. The smallest absolute Gasteiger partial charge is 0.418 e. The molecule has 0 heterocycles. The molecular formula is C9H8F4O2. The monoisotopic (exact) mass is 224 g/mol. The Morgan fingerprint density at radius 1 is 1.33 bits per heavy atom. The van der Waals surface area contributed by atoms with Gasteiger partial charge in [0.05, 0.1) is 7.11 Å². The minimum Gasteiger partial charge on any atom is -0.496 e. The van der Waals surface area contributed by atoms with Crippen molar-refractivity contribution < 1.29 is 27.4 Å². The molecule has 1 atom stereocenters. The van der Waals surface area contributed by atoms with Crippen LogP contribution in [-0.4, -0.2) is 18.4 Å². The van der Waals surface area contributed by atoms with Crippen LogP contribution in [0.4, 0.5) is 17.6 Å². The second-order valence-electron chi connectivity index (χ2n) is 2.83. The van der Waals surface area contributed by atoms with Crippen molar-refractivity contribution in [2.75, 3.05) is 7.11 Å². The fourth-order valence-corrected chi connectivity index (χ4v) is 1.10. The van der Waals surface area contributed by atoms with Crippen molar-refractivity contribution in [2.24, 2.45) is 0 Å². The molecule has 84 valence electrons. The highest BCUT2D eigenvalue weighted by Gasteiger charge is 2.41. The van der Waals surface area contributed by atoms with Crippen molar-refractivity contribution in [3.05, 3.63) is 29.6 Å². The lowest BCUT2D eigenvalue weighted by Gasteiger charge is -2.17. The molecule has 6 heteroatoms. The molecule has 0 bridgehead atoms. The van der Waals surface area contributed by atoms with E-state index in [1.54, 1.807) is 0 Å². The minimum atomic E-state index is -4.85. The number of hydrogen-bond acceptors (Lipinski definition) is 2. The van der Waals surface area contributed by atoms with Gasteiger partial charge in [-0.3, -0.25) is 0 Å². The number of ether oxygens (including phenoxy) is 1. The maximum atomic E-state index is 12.7. The molecule has 15 heavy (non-hydrogen) atoms. The lowest BCUT2D eigenvalue weighted by atomic mass is 10.1. The van der Waals surface area contributed by atoms with Crippen LogP contribution in [0, 0.1) is 5.82 Å². The molecule has 0 saturated carbocycles. The molecule has 0 spiro atoms. The zero-order chi connectivity index (χ0) is 11.6. The van der Waals surface area contributed by atoms with E-state index in [0.717, 1.165) is 19.2 Å². The number of aliphatic hydroxyl groups is 1. The summed E-state index contributed by atoms with van der Waals surface area (Å²) in [6.45, 7) is 0. The van der Waals surface area contributed by atoms with Crippen LogP contribution in [0.5, 0.6) is 5.75 Å². The van der Waals surface area contributed by atoms with E-state index in [9.17, 15) is 17.6 Å². The number of rotatable bonds is 2. The van der Waals surface area contributed by atoms with Gasteiger partial charge in [0.25, 0.3) is 0 Å². The molecule has 0 aromatic heterocycles. The number of aliphatic hydroxyl groups excluding tert-OH is 1. The second-order valence-corrected chi connectivity index (χ2v) is 2.83. The summed E-state index contributed by atoms with van der Waals surface area (Å²) in [5.74, 6) is -1.07. The molecule has 0 aliphatic rings. The van der Waals surface area contributed by atoms with Crippen LogP contribution in [0.2, 0.25) is 0 Å². The normalized spacial score (nSPS) is 13.7. The number of hydrogen-bond donors (Lipinski definition) is 1. The predicted molar refractivity (Wildman–Crippen MR) is 44.0 cm³/mol. The summed E-state index contributed by atoms with van der Waals surface area (Å²) in [5.41, 5.74) is -0.634. The molecule has 1 N–H and O–H groups in total. The van der Waals surface area contributed by atoms with Gasteiger partial charge in [-0.05, 0) is 18.2 Å². The van der Waals surface area contributed by atoms with Crippen LogP contribution >= 0.6 is 0 Å². The Morgan fingerprint density at radius 3 is 2.40 bits per heavy atom. The first kappa shape index (κ1) is 11.8. The van der Waals surface area contributed by atoms with Gasteiger partial charge in [-0.25, -0.2) is 4.39 Å². The molecule has 2 nitrogen and oxygen atoms in total. The Kier molecular flexibility index (Phi) is 3.18. The van der Waals surface area contributed by atoms with Gasteiger partial charge in [0.1, 0.15) is 11.6 Å². The fourth-order valence-electron chi connectivity index (χ4n) is 1.10. The van der Waals surface area contributed by atoms with Gasteiger partial charge in [-0.15, -0.1) is 0 Å². The van der Waals surface area contributed by atoms with Crippen LogP contribution in [-0.2, 0) is 0 Å². The molecule has 0 unspecified atom stereocenters. The Balaban J connectivity index is 3.17. The number of methoxy groups -OCH3 is 1. The van der Waals surface area contributed by atoms with E-state index in [0.29, 0.717) is 6.07 Å². The van der Waals surface area contributed by atoms with E-state index < -0.39 is 23.7 Å². The molecule has 0 fully saturated rings. The molecule has 0 radical (unpaired) electrons. The highest BCUT2D eigenvalue weighted by atomic mass is 19.4. The van der Waals surface area contributed by atoms with Gasteiger partial charge >= 0.3 is 6.18 Å². The Morgan fingerprint density at radius 2 is 1.93 bits per heavy atom. The molecule has 0 saturated heterocycles. The van der Waals surface area contributed by atoms with Crippen LogP contribution in [0.25, 0.3) is 0 Å². The Bertz CT molecular complexity index is 348. The average Bonchev–Trinajstić information content (AvgIpc) is 2.15. The topological polar surface area (TPSA) is 29.5 Å². The third-order valence-electron chi connectivity index (χ3n) is 1.80. The Labute approximate surface area is 83.1 Å². The standard InChI is InChI=1S/C9H8F4O2/c1-15-7-3-2-5(10)4-6(7)8(14)9(11,12)13/h2-4,8,14H,1H3/t8-/m1/s1. The zero-order valence-electron chi connectivity index (χ0n) is 7.68. The number of halogens is 4. The van der Waals surface area contributed by atoms with Crippen molar-refractivity contribution >= 4 is 0 Å². The SMILES string of the molecule is COc1ccc(F)cc1[C@@H](O)C(F)(F)F. The zero-order valence-corrected chi connectivity index (χ0v) is 7.68. The highest BCUT2D eigenvalue weighted by molar-refractivity contribution is 5.36. The van der Waals surface area contributed by atoms with E-state index in [2.05, 4.69) is 4.74 Å². The van der Waals surface area contributed by atoms with Crippen molar-refractivity contribution in [3.63, 3.8) is 0 Å². The van der Waals surface area contributed by atoms with Gasteiger partial charge in [0.15, 0.2) is 6.10 Å². The molecule has 1 rings (SSSR count). The Hall–Kier alpha value is -1.30. The van der Waals surface area contributed by atoms with Crippen LogP contribution in [0.3, 0.4) is 0 Å². The predicted octanol–water partition coefficient (Wildman–Crippen LogP) is 2.43. The van der Waals surface area contributed by atoms with Gasteiger partial charge in [-0.1, -0.05) is 0 Å². The minimum absolute atomic E-state index is 0.207. The van der Waals surface area contributed by atoms with Gasteiger partial charge in [0, 0.05) is 5.56 Å². The molecule has 0 amide bonds. The van der Waals surface area contributed by atoms with Crippen molar-refractivity contribution in [2.45, 2.75) is 12.3 Å². The van der Waals surface area contributed by atoms with Crippen molar-refractivity contribution in [1.82, 2.24) is 0 Å². The second kappa shape index (κ2) is 4.06. The van der Waals surface area contributed by atoms with Crippen LogP contribution < -0.4 is 4.74 Å². The number of benzene rings is 1. The lowest BCUT2D eigenvalue weighted by molar-refractivity contribution is -0.207. The van der Waals surface area contributed by atoms with Gasteiger partial charge in [-0.2, -0.15) is 13.2 Å². The summed E-state index contributed by atoms with van der Waals surface area (Å²) < 4.78 is 53.8. The third-order valence-corrected chi connectivity index (χ3v) is 1.80. The highest BCUT2D eigenvalue weighted by Crippen LogP contribution is 2.37. The molecule has 1 aromatic carbocycles. The average molecular weight is 224 g/mol. The maximum absolute atomic E-state index is 12.7. The van der Waals surface area contributed by atoms with Gasteiger partial charge < -0.3 is 9.84 Å². The summed E-state index contributed by atoms with van der Waals surface area (Å²) in [7, 11) is 1.14. The summed E-state index contributed by atoms with van der Waals surface area (Å²) >= 11 is 0. The molecule has 0 aliphatic carbocycles. The van der Waals surface area contributed by atoms with E-state index in [1.165, 1.54) is 0 Å². The maximum Gasteiger partial charge on any atom is 0.418 e. The summed E-state index contributed by atoms with van der Waals surface area (Å²) in [5, 5.41) is 8.92. The molecule has 0 aliphatic heterocycles. The quantitative estimate of drug-likeness (QED) is 0.782. The summed E-state index contributed by atoms with van der Waals surface area (Å²) in [6, 6.07) is 2.57. The first-order valence-corrected chi connectivity index (χ1v) is 3.94. The van der Waals surface area contributed by atoms with E-state index in [4.69, 9.17) is 5.11 Å². The fraction of sp³-hybridized carbons (Fsp3) is 0.333. The molecule has 1 aromatic rings. The van der Waals surface area contributed by atoms with Crippen LogP contribution in [0.1, 0.15) is 11.7 Å². The lowest BCUT2D eigenvalue weighted by Crippen LogP contribution is -2.20. The number of alkyl halides is 3. The van der Waals surface area contributed by atoms with E-state index in [1.807, 2.05) is 0 Å². The van der Waals surface area contributed by atoms with Gasteiger partial charge in [0.2, 0.25) is 0 Å². The van der Waals surface area contributed by atoms with E-state index >= 15 is 0 Å². The summed E-state index contributed by atoms with van der Waals surface area (Å²) in [4.78, 5) is 0. The van der Waals surface area contributed by atoms with Crippen LogP contribution in [0.15, 0.2) is 18.2 Å². The largest absolute Gasteiger partial charge is 0.496 e. The molecular weight excluding hydrogens is 216 g/mol. The first-order valence-electron chi connectivity index (χ1n) is 3.94. The third kappa shape index (κ3) is 2.59. The summed E-state index contributed by atoms with van der Waals surface area (Å²) in [6.07, 6.45) is -7.59.